The standard InChI is InChI=1S/C14H18N4O3S/c1-17-9-16-12-8-11(2-3-13(12)17)22(20,21)18-6-4-10(5-7-18)14(15)19/h2-3,8-10H,4-7H2,1H3,(H2,15,19). The van der Waals surface area contributed by atoms with Gasteiger partial charge in [-0.3, -0.25) is 4.79 Å². The topological polar surface area (TPSA) is 98.3 Å². The molecule has 0 unspecified atom stereocenters. The van der Waals surface area contributed by atoms with Crippen molar-refractivity contribution >= 4 is 27.0 Å². The van der Waals surface area contributed by atoms with E-state index in [0.29, 0.717) is 31.4 Å². The molecule has 0 saturated carbocycles. The minimum atomic E-state index is -3.56. The lowest BCUT2D eigenvalue weighted by atomic mass is 9.98. The van der Waals surface area contributed by atoms with Crippen LogP contribution in [0.4, 0.5) is 0 Å². The monoisotopic (exact) mass is 322 g/mol. The normalized spacial score (nSPS) is 17.9. The molecule has 22 heavy (non-hydrogen) atoms. The second kappa shape index (κ2) is 5.36. The number of carbonyl (C=O) groups excluding carboxylic acids is 1. The number of hydrogen-bond donors (Lipinski definition) is 1. The van der Waals surface area contributed by atoms with Crippen molar-refractivity contribution in [3.05, 3.63) is 24.5 Å². The predicted molar refractivity (Wildman–Crippen MR) is 81.4 cm³/mol. The third-order valence-electron chi connectivity index (χ3n) is 4.19. The number of imidazole rings is 1. The van der Waals surface area contributed by atoms with E-state index < -0.39 is 10.0 Å². The third kappa shape index (κ3) is 2.48. The second-order valence-electron chi connectivity index (χ2n) is 5.59. The van der Waals surface area contributed by atoms with E-state index in [1.165, 1.54) is 4.31 Å². The van der Waals surface area contributed by atoms with Gasteiger partial charge in [-0.1, -0.05) is 0 Å². The average Bonchev–Trinajstić information content (AvgIpc) is 2.88. The van der Waals surface area contributed by atoms with Gasteiger partial charge in [0.1, 0.15) is 0 Å². The first-order valence-corrected chi connectivity index (χ1v) is 8.54. The molecule has 7 nitrogen and oxygen atoms in total. The maximum Gasteiger partial charge on any atom is 0.243 e. The summed E-state index contributed by atoms with van der Waals surface area (Å²) in [6.45, 7) is 0.631. The molecule has 1 aliphatic heterocycles. The molecule has 2 heterocycles. The number of nitrogens with two attached hydrogens (primary N) is 1. The van der Waals surface area contributed by atoms with Gasteiger partial charge in [0.25, 0.3) is 0 Å². The van der Waals surface area contributed by atoms with Crippen molar-refractivity contribution in [2.24, 2.45) is 18.7 Å². The van der Waals surface area contributed by atoms with Crippen LogP contribution in [0.2, 0.25) is 0 Å². The number of nitrogens with zero attached hydrogens (tertiary/aromatic N) is 3. The molecule has 0 spiro atoms. The van der Waals surface area contributed by atoms with E-state index in [1.807, 2.05) is 11.6 Å². The van der Waals surface area contributed by atoms with Crippen molar-refractivity contribution in [3.8, 4) is 0 Å². The molecule has 2 N–H and O–H groups in total. The maximum absolute atomic E-state index is 12.7. The highest BCUT2D eigenvalue weighted by Crippen LogP contribution is 2.25. The zero-order valence-corrected chi connectivity index (χ0v) is 13.1. The number of aryl methyl sites for hydroxylation is 1. The first-order valence-electron chi connectivity index (χ1n) is 7.10. The molecule has 0 bridgehead atoms. The molecule has 1 saturated heterocycles. The fraction of sp³-hybridized carbons (Fsp3) is 0.429. The number of piperidine rings is 1. The minimum absolute atomic E-state index is 0.232. The smallest absolute Gasteiger partial charge is 0.243 e. The molecule has 1 aromatic heterocycles. The largest absolute Gasteiger partial charge is 0.369 e. The molecule has 1 fully saturated rings. The Hall–Kier alpha value is -1.93. The second-order valence-corrected chi connectivity index (χ2v) is 7.52. The molecule has 0 radical (unpaired) electrons. The van der Waals surface area contributed by atoms with Crippen LogP contribution in [-0.4, -0.2) is 41.3 Å². The summed E-state index contributed by atoms with van der Waals surface area (Å²) in [4.78, 5) is 15.6. The lowest BCUT2D eigenvalue weighted by Gasteiger charge is -2.29. The Bertz CT molecular complexity index is 820. The lowest BCUT2D eigenvalue weighted by molar-refractivity contribution is -0.122. The Balaban J connectivity index is 1.87. The molecule has 0 aliphatic carbocycles. The van der Waals surface area contributed by atoms with E-state index in [4.69, 9.17) is 5.73 Å². The van der Waals surface area contributed by atoms with Gasteiger partial charge in [0.15, 0.2) is 0 Å². The van der Waals surface area contributed by atoms with Crippen LogP contribution in [0.5, 0.6) is 0 Å². The molecule has 2 aromatic rings. The van der Waals surface area contributed by atoms with Gasteiger partial charge in [-0.05, 0) is 31.0 Å². The van der Waals surface area contributed by atoms with Crippen LogP contribution in [0.3, 0.4) is 0 Å². The number of primary amides is 1. The van der Waals surface area contributed by atoms with Crippen molar-refractivity contribution < 1.29 is 13.2 Å². The maximum atomic E-state index is 12.7. The lowest BCUT2D eigenvalue weighted by Crippen LogP contribution is -2.41. The summed E-state index contributed by atoms with van der Waals surface area (Å²) in [5.74, 6) is -0.586. The first-order chi connectivity index (χ1) is 10.4. The summed E-state index contributed by atoms with van der Waals surface area (Å²) in [5, 5.41) is 0. The molecular weight excluding hydrogens is 304 g/mol. The fourth-order valence-corrected chi connectivity index (χ4v) is 4.30. The van der Waals surface area contributed by atoms with Crippen molar-refractivity contribution in [2.75, 3.05) is 13.1 Å². The molecule has 1 aliphatic rings. The number of carbonyl (C=O) groups is 1. The van der Waals surface area contributed by atoms with Crippen LogP contribution < -0.4 is 5.73 Å². The van der Waals surface area contributed by atoms with E-state index in [1.54, 1.807) is 24.5 Å². The first kappa shape index (κ1) is 15.0. The van der Waals surface area contributed by atoms with Gasteiger partial charge in [-0.2, -0.15) is 4.31 Å². The van der Waals surface area contributed by atoms with Gasteiger partial charge in [0.05, 0.1) is 22.3 Å². The van der Waals surface area contributed by atoms with E-state index in [-0.39, 0.29) is 16.7 Å². The van der Waals surface area contributed by atoms with E-state index in [2.05, 4.69) is 4.98 Å². The number of sulfonamides is 1. The molecule has 3 rings (SSSR count). The van der Waals surface area contributed by atoms with Crippen molar-refractivity contribution in [1.82, 2.24) is 13.9 Å². The minimum Gasteiger partial charge on any atom is -0.369 e. The van der Waals surface area contributed by atoms with Crippen LogP contribution >= 0.6 is 0 Å². The summed E-state index contributed by atoms with van der Waals surface area (Å²) < 4.78 is 28.6. The van der Waals surface area contributed by atoms with Gasteiger partial charge >= 0.3 is 0 Å². The molecule has 1 aromatic carbocycles. The van der Waals surface area contributed by atoms with E-state index in [9.17, 15) is 13.2 Å². The van der Waals surface area contributed by atoms with Gasteiger partial charge < -0.3 is 10.3 Å². The molecular formula is C14H18N4O3S. The predicted octanol–water partition coefficient (Wildman–Crippen LogP) is 0.459. The Kier molecular flexibility index (Phi) is 3.65. The van der Waals surface area contributed by atoms with Crippen LogP contribution in [0.15, 0.2) is 29.4 Å². The molecule has 8 heteroatoms. The van der Waals surface area contributed by atoms with Crippen LogP contribution in [-0.2, 0) is 21.9 Å². The third-order valence-corrected chi connectivity index (χ3v) is 6.09. The highest BCUT2D eigenvalue weighted by atomic mass is 32.2. The average molecular weight is 322 g/mol. The summed E-state index contributed by atoms with van der Waals surface area (Å²) in [5.41, 5.74) is 6.81. The number of aromatic nitrogens is 2. The Morgan fingerprint density at radius 3 is 2.64 bits per heavy atom. The van der Waals surface area contributed by atoms with Crippen LogP contribution in [0, 0.1) is 5.92 Å². The summed E-state index contributed by atoms with van der Waals surface area (Å²) in [6, 6.07) is 4.94. The molecule has 1 amide bonds. The van der Waals surface area contributed by atoms with Gasteiger partial charge in [-0.25, -0.2) is 13.4 Å². The van der Waals surface area contributed by atoms with E-state index in [0.717, 1.165) is 5.52 Å². The highest BCUT2D eigenvalue weighted by molar-refractivity contribution is 7.89. The number of rotatable bonds is 3. The zero-order chi connectivity index (χ0) is 15.9. The Morgan fingerprint density at radius 1 is 1.32 bits per heavy atom. The van der Waals surface area contributed by atoms with Gasteiger partial charge in [0, 0.05) is 26.1 Å². The summed E-state index contributed by atoms with van der Waals surface area (Å²) in [7, 11) is -1.70. The van der Waals surface area contributed by atoms with Gasteiger partial charge in [-0.15, -0.1) is 0 Å². The zero-order valence-electron chi connectivity index (χ0n) is 12.3. The van der Waals surface area contributed by atoms with Crippen LogP contribution in [0.25, 0.3) is 11.0 Å². The molecule has 0 atom stereocenters. The number of hydrogen-bond acceptors (Lipinski definition) is 4. The highest BCUT2D eigenvalue weighted by Gasteiger charge is 2.31. The number of benzene rings is 1. The van der Waals surface area contributed by atoms with Crippen molar-refractivity contribution in [1.29, 1.82) is 0 Å². The summed E-state index contributed by atoms with van der Waals surface area (Å²) in [6.07, 6.45) is 2.60. The van der Waals surface area contributed by atoms with Crippen LogP contribution in [0.1, 0.15) is 12.8 Å². The van der Waals surface area contributed by atoms with E-state index >= 15 is 0 Å². The quantitative estimate of drug-likeness (QED) is 0.887. The van der Waals surface area contributed by atoms with Crippen molar-refractivity contribution in [2.45, 2.75) is 17.7 Å². The number of amides is 1. The van der Waals surface area contributed by atoms with Crippen molar-refractivity contribution in [3.63, 3.8) is 0 Å². The number of fused-ring (bicyclic) bond motifs is 1. The van der Waals surface area contributed by atoms with Gasteiger partial charge in [0.2, 0.25) is 15.9 Å². The Labute approximate surface area is 128 Å². The SMILES string of the molecule is Cn1cnc2cc(S(=O)(=O)N3CCC(C(N)=O)CC3)ccc21. The fourth-order valence-electron chi connectivity index (χ4n) is 2.81. The summed E-state index contributed by atoms with van der Waals surface area (Å²) >= 11 is 0. The molecule has 118 valence electrons. The Morgan fingerprint density at radius 2 is 2.00 bits per heavy atom.